The van der Waals surface area contributed by atoms with E-state index in [2.05, 4.69) is 192 Å². The summed E-state index contributed by atoms with van der Waals surface area (Å²) in [6.07, 6.45) is 7.88. The zero-order chi connectivity index (χ0) is 39.5. The van der Waals surface area contributed by atoms with E-state index in [0.29, 0.717) is 11.4 Å². The van der Waals surface area contributed by atoms with E-state index in [9.17, 15) is 5.41 Å². The van der Waals surface area contributed by atoms with Gasteiger partial charge in [0.15, 0.2) is 0 Å². The van der Waals surface area contributed by atoms with E-state index < -0.39 is 0 Å². The molecule has 0 atom stereocenters. The highest BCUT2D eigenvalue weighted by molar-refractivity contribution is 6.62. The van der Waals surface area contributed by atoms with E-state index in [0.717, 1.165) is 55.8 Å². The smallest absolute Gasteiger partial charge is 0.109 e. The summed E-state index contributed by atoms with van der Waals surface area (Å²) in [4.78, 5) is 4.45. The molecule has 0 bridgehead atoms. The molecule has 8 aromatic carbocycles. The molecule has 4 heteroatoms. The standard InChI is InChI=1S/C55H38N4/c56-55-51(42-27-25-40(26-28-42)38-14-5-2-6-15-38)34-45(41-23-21-39(22-24-41)37-12-3-1-4-13-37)35-52(55)59-58-46-31-29-43(30-32-46)53-47-17-7-9-19-49(47)54(44-16-11-33-57-36-44)50-20-10-8-18-48(50)53/h1-36,56,58H/b56-55?,59-52-. The summed E-state index contributed by atoms with van der Waals surface area (Å²) in [5.41, 5.74) is 18.1. The van der Waals surface area contributed by atoms with Gasteiger partial charge in [-0.15, -0.1) is 0 Å². The van der Waals surface area contributed by atoms with Crippen LogP contribution in [-0.4, -0.2) is 16.4 Å². The lowest BCUT2D eigenvalue weighted by Gasteiger charge is -2.19. The molecule has 1 aliphatic rings. The van der Waals surface area contributed by atoms with Gasteiger partial charge in [-0.25, -0.2) is 0 Å². The molecule has 10 rings (SSSR count). The van der Waals surface area contributed by atoms with Crippen molar-refractivity contribution in [1.82, 2.24) is 4.98 Å². The fourth-order valence-electron chi connectivity index (χ4n) is 8.17. The normalized spacial score (nSPS) is 13.4. The minimum absolute atomic E-state index is 0.359. The predicted molar refractivity (Wildman–Crippen MR) is 249 cm³/mol. The second-order valence-electron chi connectivity index (χ2n) is 14.7. The Morgan fingerprint density at radius 3 is 1.36 bits per heavy atom. The van der Waals surface area contributed by atoms with E-state index in [1.165, 1.54) is 38.2 Å². The van der Waals surface area contributed by atoms with Crippen LogP contribution in [0.1, 0.15) is 11.1 Å². The highest BCUT2D eigenvalue weighted by Gasteiger charge is 2.21. The summed E-state index contributed by atoms with van der Waals surface area (Å²) in [5, 5.41) is 19.1. The molecule has 278 valence electrons. The molecule has 0 radical (unpaired) electrons. The minimum Gasteiger partial charge on any atom is -0.298 e. The number of anilines is 1. The van der Waals surface area contributed by atoms with Crippen molar-refractivity contribution in [2.75, 3.05) is 5.43 Å². The maximum Gasteiger partial charge on any atom is 0.109 e. The highest BCUT2D eigenvalue weighted by Crippen LogP contribution is 2.43. The van der Waals surface area contributed by atoms with Gasteiger partial charge < -0.3 is 0 Å². The molecule has 0 fully saturated rings. The summed E-state index contributed by atoms with van der Waals surface area (Å²) in [6, 6.07) is 67.7. The number of benzene rings is 8. The van der Waals surface area contributed by atoms with Gasteiger partial charge in [0.05, 0.1) is 11.4 Å². The van der Waals surface area contributed by atoms with Crippen molar-refractivity contribution in [3.63, 3.8) is 0 Å². The first-order valence-corrected chi connectivity index (χ1v) is 19.8. The molecular formula is C55H38N4. The molecule has 0 saturated carbocycles. The van der Waals surface area contributed by atoms with E-state index in [1.807, 2.05) is 36.7 Å². The fraction of sp³-hybridized carbons (Fsp3) is 0. The summed E-state index contributed by atoms with van der Waals surface area (Å²) in [5.74, 6) is 0. The lowest BCUT2D eigenvalue weighted by atomic mass is 9.86. The molecule has 0 spiro atoms. The van der Waals surface area contributed by atoms with Crippen LogP contribution in [0, 0.1) is 5.41 Å². The molecule has 4 nitrogen and oxygen atoms in total. The molecule has 0 unspecified atom stereocenters. The number of aromatic nitrogens is 1. The Labute approximate surface area is 343 Å². The molecule has 0 aliphatic heterocycles. The number of rotatable bonds is 8. The number of hydrogen-bond donors (Lipinski definition) is 2. The van der Waals surface area contributed by atoms with Gasteiger partial charge in [0.1, 0.15) is 5.71 Å². The second kappa shape index (κ2) is 15.5. The van der Waals surface area contributed by atoms with E-state index >= 15 is 0 Å². The van der Waals surface area contributed by atoms with Crippen LogP contribution in [0.5, 0.6) is 0 Å². The highest BCUT2D eigenvalue weighted by atomic mass is 15.3. The van der Waals surface area contributed by atoms with Crippen molar-refractivity contribution in [3.8, 4) is 44.5 Å². The Morgan fingerprint density at radius 2 is 0.831 bits per heavy atom. The molecule has 1 aromatic heterocycles. The van der Waals surface area contributed by atoms with Crippen molar-refractivity contribution in [2.24, 2.45) is 5.10 Å². The summed E-state index contributed by atoms with van der Waals surface area (Å²) in [6.45, 7) is 0. The van der Waals surface area contributed by atoms with Crippen molar-refractivity contribution in [1.29, 1.82) is 5.41 Å². The first kappa shape index (κ1) is 35.5. The van der Waals surface area contributed by atoms with Gasteiger partial charge in [0.25, 0.3) is 0 Å². The van der Waals surface area contributed by atoms with E-state index in [-0.39, 0.29) is 0 Å². The van der Waals surface area contributed by atoms with Crippen LogP contribution in [0.15, 0.2) is 224 Å². The summed E-state index contributed by atoms with van der Waals surface area (Å²) >= 11 is 0. The Hall–Kier alpha value is -7.95. The van der Waals surface area contributed by atoms with Crippen LogP contribution in [0.4, 0.5) is 5.69 Å². The van der Waals surface area contributed by atoms with Gasteiger partial charge in [-0.05, 0) is 108 Å². The number of allylic oxidation sites excluding steroid dienone is 4. The fourth-order valence-corrected chi connectivity index (χ4v) is 8.17. The number of nitrogens with zero attached hydrogens (tertiary/aromatic N) is 2. The lowest BCUT2D eigenvalue weighted by molar-refractivity contribution is 1.33. The number of hydrogen-bond acceptors (Lipinski definition) is 4. The molecule has 59 heavy (non-hydrogen) atoms. The average Bonchev–Trinajstić information content (AvgIpc) is 3.31. The number of fused-ring (bicyclic) bond motifs is 2. The number of nitrogens with one attached hydrogen (secondary N) is 2. The third kappa shape index (κ3) is 6.94. The maximum atomic E-state index is 9.41. The first-order valence-electron chi connectivity index (χ1n) is 19.8. The molecule has 1 heterocycles. The molecule has 0 amide bonds. The summed E-state index contributed by atoms with van der Waals surface area (Å²) < 4.78 is 0. The van der Waals surface area contributed by atoms with Gasteiger partial charge in [0, 0.05) is 23.5 Å². The number of pyridine rings is 1. The SMILES string of the molecule is N=C1C(c2ccc(-c3ccccc3)cc2)=CC(c2ccc(-c3ccccc3)cc2)=C/C1=N/Nc1ccc(-c2c3ccccc3c(-c3cccnc3)c3ccccc23)cc1. The second-order valence-corrected chi connectivity index (χ2v) is 14.7. The van der Waals surface area contributed by atoms with Crippen molar-refractivity contribution >= 4 is 49.8 Å². The van der Waals surface area contributed by atoms with Gasteiger partial charge >= 0.3 is 0 Å². The van der Waals surface area contributed by atoms with Gasteiger partial charge in [0.2, 0.25) is 0 Å². The monoisotopic (exact) mass is 754 g/mol. The largest absolute Gasteiger partial charge is 0.298 e. The third-order valence-corrected chi connectivity index (χ3v) is 11.1. The van der Waals surface area contributed by atoms with E-state index in [1.54, 1.807) is 0 Å². The van der Waals surface area contributed by atoms with Crippen LogP contribution < -0.4 is 5.43 Å². The minimum atomic E-state index is 0.359. The molecule has 0 saturated heterocycles. The molecular weight excluding hydrogens is 717 g/mol. The van der Waals surface area contributed by atoms with Gasteiger partial charge in [-0.1, -0.05) is 176 Å². The van der Waals surface area contributed by atoms with Gasteiger partial charge in [-0.2, -0.15) is 5.10 Å². The van der Waals surface area contributed by atoms with Crippen LogP contribution in [0.3, 0.4) is 0 Å². The number of hydrazone groups is 1. The van der Waals surface area contributed by atoms with Crippen molar-refractivity contribution < 1.29 is 0 Å². The van der Waals surface area contributed by atoms with Crippen LogP contribution >= 0.6 is 0 Å². The average molecular weight is 755 g/mol. The zero-order valence-corrected chi connectivity index (χ0v) is 32.2. The van der Waals surface area contributed by atoms with Crippen molar-refractivity contribution in [2.45, 2.75) is 0 Å². The van der Waals surface area contributed by atoms with Crippen molar-refractivity contribution in [3.05, 3.63) is 230 Å². The quantitative estimate of drug-likeness (QED) is 0.0922. The van der Waals surface area contributed by atoms with Gasteiger partial charge in [-0.3, -0.25) is 15.8 Å². The Bertz CT molecular complexity index is 3020. The van der Waals surface area contributed by atoms with E-state index in [4.69, 9.17) is 5.10 Å². The molecule has 9 aromatic rings. The van der Waals surface area contributed by atoms with Crippen LogP contribution in [-0.2, 0) is 0 Å². The van der Waals surface area contributed by atoms with Crippen LogP contribution in [0.25, 0.3) is 77.2 Å². The lowest BCUT2D eigenvalue weighted by Crippen LogP contribution is -2.18. The molecule has 1 aliphatic carbocycles. The predicted octanol–water partition coefficient (Wildman–Crippen LogP) is 14.0. The zero-order valence-electron chi connectivity index (χ0n) is 32.2. The Balaban J connectivity index is 0.997. The maximum absolute atomic E-state index is 9.41. The Morgan fingerprint density at radius 1 is 0.390 bits per heavy atom. The summed E-state index contributed by atoms with van der Waals surface area (Å²) in [7, 11) is 0. The third-order valence-electron chi connectivity index (χ3n) is 11.1. The van der Waals surface area contributed by atoms with Crippen LogP contribution in [0.2, 0.25) is 0 Å². The Kier molecular flexibility index (Phi) is 9.34. The first-order chi connectivity index (χ1) is 29.2. The topological polar surface area (TPSA) is 61.1 Å². The molecule has 2 N–H and O–H groups in total.